The van der Waals surface area contributed by atoms with E-state index in [0.29, 0.717) is 49.5 Å². The standard InChI is InChI=1S/C21H26N4O4S/c1-2-30(28,29)25-13-11-24(12-14-25)15-16-3-5-18(6-4-16)21(27)23-19-9-7-17(8-10-19)20(22)26/h3-10H,2,11-15H2,1H3,(H2,22,26)(H,23,27). The molecular formula is C21H26N4O4S. The van der Waals surface area contributed by atoms with Crippen LogP contribution < -0.4 is 11.1 Å². The number of amides is 2. The van der Waals surface area contributed by atoms with E-state index in [4.69, 9.17) is 5.73 Å². The minimum absolute atomic E-state index is 0.131. The van der Waals surface area contributed by atoms with E-state index in [0.717, 1.165) is 5.56 Å². The van der Waals surface area contributed by atoms with Crippen molar-refractivity contribution < 1.29 is 18.0 Å². The summed E-state index contributed by atoms with van der Waals surface area (Å²) in [7, 11) is -3.13. The average Bonchev–Trinajstić information content (AvgIpc) is 2.75. The lowest BCUT2D eigenvalue weighted by molar-refractivity contribution is 0.0998. The number of anilines is 1. The maximum absolute atomic E-state index is 12.4. The molecular weight excluding hydrogens is 404 g/mol. The summed E-state index contributed by atoms with van der Waals surface area (Å²) in [6.07, 6.45) is 0. The SMILES string of the molecule is CCS(=O)(=O)N1CCN(Cc2ccc(C(=O)Nc3ccc(C(N)=O)cc3)cc2)CC1. The van der Waals surface area contributed by atoms with Gasteiger partial charge in [-0.1, -0.05) is 12.1 Å². The van der Waals surface area contributed by atoms with Gasteiger partial charge in [-0.25, -0.2) is 8.42 Å². The quantitative estimate of drug-likeness (QED) is 0.691. The first-order chi connectivity index (χ1) is 14.3. The van der Waals surface area contributed by atoms with Crippen molar-refractivity contribution in [3.63, 3.8) is 0 Å². The number of piperazine rings is 1. The Balaban J connectivity index is 1.53. The lowest BCUT2D eigenvalue weighted by Crippen LogP contribution is -2.48. The summed E-state index contributed by atoms with van der Waals surface area (Å²) in [6, 6.07) is 13.7. The minimum atomic E-state index is -3.13. The summed E-state index contributed by atoms with van der Waals surface area (Å²) in [6.45, 7) is 4.74. The number of benzene rings is 2. The number of carbonyl (C=O) groups excluding carboxylic acids is 2. The zero-order chi connectivity index (χ0) is 21.7. The molecule has 2 aromatic carbocycles. The van der Waals surface area contributed by atoms with Crippen LogP contribution in [0.15, 0.2) is 48.5 Å². The highest BCUT2D eigenvalue weighted by molar-refractivity contribution is 7.89. The Morgan fingerprint density at radius 1 is 0.933 bits per heavy atom. The fourth-order valence-corrected chi connectivity index (χ4v) is 4.37. The fraction of sp³-hybridized carbons (Fsp3) is 0.333. The molecule has 3 rings (SSSR count). The van der Waals surface area contributed by atoms with Gasteiger partial charge in [0.05, 0.1) is 5.75 Å². The second-order valence-electron chi connectivity index (χ2n) is 7.17. The highest BCUT2D eigenvalue weighted by Gasteiger charge is 2.25. The molecule has 0 saturated carbocycles. The van der Waals surface area contributed by atoms with E-state index >= 15 is 0 Å². The number of nitrogens with two attached hydrogens (primary N) is 1. The number of rotatable bonds is 7. The second kappa shape index (κ2) is 9.38. The number of nitrogens with one attached hydrogen (secondary N) is 1. The Labute approximate surface area is 176 Å². The van der Waals surface area contributed by atoms with Crippen LogP contribution in [0.3, 0.4) is 0 Å². The molecule has 0 atom stereocenters. The molecule has 1 saturated heterocycles. The van der Waals surface area contributed by atoms with Crippen molar-refractivity contribution in [3.05, 3.63) is 65.2 Å². The molecule has 2 aromatic rings. The smallest absolute Gasteiger partial charge is 0.255 e. The van der Waals surface area contributed by atoms with Gasteiger partial charge < -0.3 is 11.1 Å². The highest BCUT2D eigenvalue weighted by Crippen LogP contribution is 2.14. The van der Waals surface area contributed by atoms with Gasteiger partial charge in [0, 0.05) is 49.5 Å². The first kappa shape index (κ1) is 21.9. The molecule has 30 heavy (non-hydrogen) atoms. The third-order valence-corrected chi connectivity index (χ3v) is 7.02. The van der Waals surface area contributed by atoms with Crippen molar-refractivity contribution in [1.29, 1.82) is 0 Å². The minimum Gasteiger partial charge on any atom is -0.366 e. The van der Waals surface area contributed by atoms with Crippen LogP contribution in [0, 0.1) is 0 Å². The molecule has 8 nitrogen and oxygen atoms in total. The molecule has 2 amide bonds. The molecule has 160 valence electrons. The van der Waals surface area contributed by atoms with Gasteiger partial charge in [-0.15, -0.1) is 0 Å². The lowest BCUT2D eigenvalue weighted by Gasteiger charge is -2.33. The van der Waals surface area contributed by atoms with Crippen molar-refractivity contribution >= 4 is 27.5 Å². The topological polar surface area (TPSA) is 113 Å². The molecule has 1 aliphatic heterocycles. The predicted molar refractivity (Wildman–Crippen MR) is 116 cm³/mol. The van der Waals surface area contributed by atoms with E-state index in [-0.39, 0.29) is 11.7 Å². The molecule has 1 fully saturated rings. The van der Waals surface area contributed by atoms with Gasteiger partial charge in [-0.2, -0.15) is 4.31 Å². The van der Waals surface area contributed by atoms with Crippen molar-refractivity contribution in [2.75, 3.05) is 37.2 Å². The molecule has 0 aliphatic carbocycles. The Kier molecular flexibility index (Phi) is 6.86. The predicted octanol–water partition coefficient (Wildman–Crippen LogP) is 1.51. The molecule has 0 unspecified atom stereocenters. The van der Waals surface area contributed by atoms with E-state index in [9.17, 15) is 18.0 Å². The van der Waals surface area contributed by atoms with E-state index in [1.165, 1.54) is 0 Å². The molecule has 1 heterocycles. The van der Waals surface area contributed by atoms with Crippen molar-refractivity contribution in [2.45, 2.75) is 13.5 Å². The summed E-state index contributed by atoms with van der Waals surface area (Å²) in [5.41, 5.74) is 7.75. The number of hydrogen-bond acceptors (Lipinski definition) is 5. The van der Waals surface area contributed by atoms with Crippen LogP contribution in [0.5, 0.6) is 0 Å². The van der Waals surface area contributed by atoms with E-state index in [2.05, 4.69) is 10.2 Å². The molecule has 0 bridgehead atoms. The zero-order valence-corrected chi connectivity index (χ0v) is 17.7. The second-order valence-corrected chi connectivity index (χ2v) is 9.43. The first-order valence-electron chi connectivity index (χ1n) is 9.79. The summed E-state index contributed by atoms with van der Waals surface area (Å²) >= 11 is 0. The van der Waals surface area contributed by atoms with Gasteiger partial charge in [0.2, 0.25) is 15.9 Å². The van der Waals surface area contributed by atoms with E-state index < -0.39 is 15.9 Å². The highest BCUT2D eigenvalue weighted by atomic mass is 32.2. The third-order valence-electron chi connectivity index (χ3n) is 5.14. The van der Waals surface area contributed by atoms with Crippen LogP contribution in [0.1, 0.15) is 33.2 Å². The Bertz CT molecular complexity index is 996. The Morgan fingerprint density at radius 3 is 2.03 bits per heavy atom. The molecule has 0 spiro atoms. The Hall–Kier alpha value is -2.75. The maximum Gasteiger partial charge on any atom is 0.255 e. The van der Waals surface area contributed by atoms with Crippen molar-refractivity contribution in [1.82, 2.24) is 9.21 Å². The van der Waals surface area contributed by atoms with Crippen LogP contribution in [0.25, 0.3) is 0 Å². The van der Waals surface area contributed by atoms with Gasteiger partial charge in [-0.3, -0.25) is 14.5 Å². The van der Waals surface area contributed by atoms with Crippen LogP contribution in [0.2, 0.25) is 0 Å². The van der Waals surface area contributed by atoms with Gasteiger partial charge in [-0.05, 0) is 48.9 Å². The summed E-state index contributed by atoms with van der Waals surface area (Å²) in [5, 5.41) is 2.79. The van der Waals surface area contributed by atoms with Crippen molar-refractivity contribution in [3.8, 4) is 0 Å². The van der Waals surface area contributed by atoms with Gasteiger partial charge in [0.15, 0.2) is 0 Å². The molecule has 1 aliphatic rings. The number of sulfonamides is 1. The number of nitrogens with zero attached hydrogens (tertiary/aromatic N) is 2. The summed E-state index contributed by atoms with van der Waals surface area (Å²) in [5.74, 6) is -0.630. The maximum atomic E-state index is 12.4. The molecule has 3 N–H and O–H groups in total. The van der Waals surface area contributed by atoms with Gasteiger partial charge >= 0.3 is 0 Å². The van der Waals surface area contributed by atoms with Gasteiger partial charge in [0.25, 0.3) is 5.91 Å². The van der Waals surface area contributed by atoms with Crippen molar-refractivity contribution in [2.24, 2.45) is 5.73 Å². The van der Waals surface area contributed by atoms with E-state index in [1.807, 2.05) is 12.1 Å². The molecule has 9 heteroatoms. The lowest BCUT2D eigenvalue weighted by atomic mass is 10.1. The van der Waals surface area contributed by atoms with Crippen LogP contribution >= 0.6 is 0 Å². The van der Waals surface area contributed by atoms with Crippen LogP contribution in [-0.4, -0.2) is 61.4 Å². The van der Waals surface area contributed by atoms with Crippen LogP contribution in [0.4, 0.5) is 5.69 Å². The zero-order valence-electron chi connectivity index (χ0n) is 16.9. The molecule has 0 aromatic heterocycles. The molecule has 0 radical (unpaired) electrons. The monoisotopic (exact) mass is 430 g/mol. The largest absolute Gasteiger partial charge is 0.366 e. The van der Waals surface area contributed by atoms with Crippen LogP contribution in [-0.2, 0) is 16.6 Å². The number of primary amides is 1. The first-order valence-corrected chi connectivity index (χ1v) is 11.4. The summed E-state index contributed by atoms with van der Waals surface area (Å²) < 4.78 is 25.4. The Morgan fingerprint density at radius 2 is 1.50 bits per heavy atom. The fourth-order valence-electron chi connectivity index (χ4n) is 3.29. The van der Waals surface area contributed by atoms with E-state index in [1.54, 1.807) is 47.6 Å². The average molecular weight is 431 g/mol. The normalized spacial score (nSPS) is 15.6. The summed E-state index contributed by atoms with van der Waals surface area (Å²) in [4.78, 5) is 25.7. The number of hydrogen-bond donors (Lipinski definition) is 2. The third kappa shape index (κ3) is 5.44. The van der Waals surface area contributed by atoms with Gasteiger partial charge in [0.1, 0.15) is 0 Å². The number of carbonyl (C=O) groups is 2.